The summed E-state index contributed by atoms with van der Waals surface area (Å²) < 4.78 is 9.96. The lowest BCUT2D eigenvalue weighted by molar-refractivity contribution is -0.107. The highest BCUT2D eigenvalue weighted by molar-refractivity contribution is 4.80. The highest BCUT2D eigenvalue weighted by atomic mass is 16.5. The van der Waals surface area contributed by atoms with Gasteiger partial charge in [-0.3, -0.25) is 0 Å². The monoisotopic (exact) mass is 276 g/mol. The summed E-state index contributed by atoms with van der Waals surface area (Å²) in [6, 6.07) is 0. The molecule has 0 bridgehead atoms. The van der Waals surface area contributed by atoms with E-state index in [2.05, 4.69) is 30.8 Å². The maximum atomic E-state index is 5.15. The summed E-state index contributed by atoms with van der Waals surface area (Å²) >= 11 is 0. The van der Waals surface area contributed by atoms with Gasteiger partial charge < -0.3 is 19.3 Å². The standard InChI is InChI=1S/C8H17NO.C5H13NO.C2H6/c1-8(6-10-7-8)4-5-9(2)3;1-6(2)4-5-7-3;1-2/h4-7H2,1-3H3;4-5H2,1-3H3;1-2H3. The summed E-state index contributed by atoms with van der Waals surface area (Å²) in [5.74, 6) is 0. The lowest BCUT2D eigenvalue weighted by Crippen LogP contribution is -2.41. The molecule has 1 aliphatic rings. The van der Waals surface area contributed by atoms with Gasteiger partial charge >= 0.3 is 0 Å². The first-order valence-corrected chi connectivity index (χ1v) is 7.26. The summed E-state index contributed by atoms with van der Waals surface area (Å²) in [4.78, 5) is 4.31. The van der Waals surface area contributed by atoms with Crippen LogP contribution in [-0.2, 0) is 9.47 Å². The van der Waals surface area contributed by atoms with Gasteiger partial charge in [0.1, 0.15) is 0 Å². The van der Waals surface area contributed by atoms with Crippen LogP contribution in [0.15, 0.2) is 0 Å². The van der Waals surface area contributed by atoms with Gasteiger partial charge in [-0.25, -0.2) is 0 Å². The third-order valence-corrected chi connectivity index (χ3v) is 2.81. The minimum absolute atomic E-state index is 0.490. The van der Waals surface area contributed by atoms with Gasteiger partial charge in [-0.2, -0.15) is 0 Å². The van der Waals surface area contributed by atoms with Crippen LogP contribution < -0.4 is 0 Å². The van der Waals surface area contributed by atoms with E-state index in [1.165, 1.54) is 13.0 Å². The van der Waals surface area contributed by atoms with E-state index in [4.69, 9.17) is 9.47 Å². The first-order valence-electron chi connectivity index (χ1n) is 7.26. The van der Waals surface area contributed by atoms with Crippen molar-refractivity contribution in [1.29, 1.82) is 0 Å². The Morgan fingerprint density at radius 2 is 1.47 bits per heavy atom. The fraction of sp³-hybridized carbons (Fsp3) is 1.00. The van der Waals surface area contributed by atoms with E-state index in [0.717, 1.165) is 26.4 Å². The quantitative estimate of drug-likeness (QED) is 0.742. The summed E-state index contributed by atoms with van der Waals surface area (Å²) in [5, 5.41) is 0. The second-order valence-electron chi connectivity index (χ2n) is 5.65. The first kappa shape index (κ1) is 21.1. The van der Waals surface area contributed by atoms with Gasteiger partial charge in [-0.15, -0.1) is 0 Å². The smallest absolute Gasteiger partial charge is 0.0589 e. The van der Waals surface area contributed by atoms with Crippen molar-refractivity contribution in [1.82, 2.24) is 9.80 Å². The Balaban J connectivity index is 0. The molecule has 1 aliphatic heterocycles. The van der Waals surface area contributed by atoms with E-state index < -0.39 is 0 Å². The van der Waals surface area contributed by atoms with Crippen LogP contribution in [-0.4, -0.2) is 78.0 Å². The van der Waals surface area contributed by atoms with Crippen molar-refractivity contribution < 1.29 is 9.47 Å². The predicted molar refractivity (Wildman–Crippen MR) is 83.9 cm³/mol. The average molecular weight is 276 g/mol. The second-order valence-corrected chi connectivity index (χ2v) is 5.65. The fourth-order valence-electron chi connectivity index (χ4n) is 1.36. The van der Waals surface area contributed by atoms with Gasteiger partial charge in [0.25, 0.3) is 0 Å². The number of likely N-dealkylation sites (N-methyl/N-ethyl adjacent to an activating group) is 1. The largest absolute Gasteiger partial charge is 0.383 e. The van der Waals surface area contributed by atoms with E-state index in [-0.39, 0.29) is 0 Å². The Bertz CT molecular complexity index is 181. The van der Waals surface area contributed by atoms with Gasteiger partial charge in [0.05, 0.1) is 19.8 Å². The molecule has 4 nitrogen and oxygen atoms in total. The van der Waals surface area contributed by atoms with Gasteiger partial charge in [-0.1, -0.05) is 20.8 Å². The number of rotatable bonds is 6. The van der Waals surface area contributed by atoms with Crippen LogP contribution in [0.5, 0.6) is 0 Å². The van der Waals surface area contributed by atoms with Crippen LogP contribution >= 0.6 is 0 Å². The van der Waals surface area contributed by atoms with Crippen LogP contribution in [0.4, 0.5) is 0 Å². The minimum atomic E-state index is 0.490. The molecule has 1 heterocycles. The zero-order chi connectivity index (χ0) is 15.3. The Kier molecular flexibility index (Phi) is 14.3. The molecule has 19 heavy (non-hydrogen) atoms. The molecule has 1 fully saturated rings. The van der Waals surface area contributed by atoms with Crippen molar-refractivity contribution in [3.8, 4) is 0 Å². The number of methoxy groups -OCH3 is 1. The first-order chi connectivity index (χ1) is 8.89. The topological polar surface area (TPSA) is 24.9 Å². The SMILES string of the molecule is CC.CN(C)CCC1(C)COC1.COCCN(C)C. The van der Waals surface area contributed by atoms with Gasteiger partial charge in [0, 0.05) is 19.1 Å². The summed E-state index contributed by atoms with van der Waals surface area (Å²) in [7, 11) is 9.99. The van der Waals surface area contributed by atoms with Crippen molar-refractivity contribution in [3.05, 3.63) is 0 Å². The van der Waals surface area contributed by atoms with Gasteiger partial charge in [0.2, 0.25) is 0 Å². The van der Waals surface area contributed by atoms with Crippen molar-refractivity contribution in [3.63, 3.8) is 0 Å². The Morgan fingerprint density at radius 1 is 1.00 bits per heavy atom. The summed E-state index contributed by atoms with van der Waals surface area (Å²) in [6.45, 7) is 11.2. The molecule has 0 aliphatic carbocycles. The Labute approximate surface area is 121 Å². The number of nitrogens with zero attached hydrogens (tertiary/aromatic N) is 2. The van der Waals surface area contributed by atoms with Crippen LogP contribution in [0.1, 0.15) is 27.2 Å². The summed E-state index contributed by atoms with van der Waals surface area (Å²) in [5.41, 5.74) is 0.490. The molecule has 0 unspecified atom stereocenters. The summed E-state index contributed by atoms with van der Waals surface area (Å²) in [6.07, 6.45) is 1.26. The van der Waals surface area contributed by atoms with Crippen molar-refractivity contribution in [2.45, 2.75) is 27.2 Å². The molecular weight excluding hydrogens is 240 g/mol. The Morgan fingerprint density at radius 3 is 1.68 bits per heavy atom. The lowest BCUT2D eigenvalue weighted by atomic mass is 9.85. The molecule has 0 N–H and O–H groups in total. The van der Waals surface area contributed by atoms with Crippen molar-refractivity contribution in [2.75, 3.05) is 68.2 Å². The third-order valence-electron chi connectivity index (χ3n) is 2.81. The molecule has 0 aromatic carbocycles. The van der Waals surface area contributed by atoms with E-state index >= 15 is 0 Å². The molecule has 1 rings (SSSR count). The maximum Gasteiger partial charge on any atom is 0.0589 e. The van der Waals surface area contributed by atoms with E-state index in [1.807, 2.05) is 27.9 Å². The van der Waals surface area contributed by atoms with E-state index in [0.29, 0.717) is 5.41 Å². The maximum absolute atomic E-state index is 5.15. The molecule has 118 valence electrons. The van der Waals surface area contributed by atoms with Gasteiger partial charge in [-0.05, 0) is 41.2 Å². The normalized spacial score (nSPS) is 16.1. The minimum Gasteiger partial charge on any atom is -0.383 e. The predicted octanol–water partition coefficient (Wildman–Crippen LogP) is 2.20. The Hall–Kier alpha value is -0.160. The molecule has 0 radical (unpaired) electrons. The van der Waals surface area contributed by atoms with Crippen molar-refractivity contribution in [2.24, 2.45) is 5.41 Å². The molecule has 1 saturated heterocycles. The zero-order valence-electron chi connectivity index (χ0n) is 14.5. The van der Waals surface area contributed by atoms with Crippen LogP contribution in [0.2, 0.25) is 0 Å². The highest BCUT2D eigenvalue weighted by Gasteiger charge is 2.32. The van der Waals surface area contributed by atoms with E-state index in [1.54, 1.807) is 7.11 Å². The lowest BCUT2D eigenvalue weighted by Gasteiger charge is -2.38. The second kappa shape index (κ2) is 12.9. The average Bonchev–Trinajstić information content (AvgIpc) is 2.34. The van der Waals surface area contributed by atoms with Crippen LogP contribution in [0.3, 0.4) is 0 Å². The molecule has 0 aromatic rings. The molecule has 0 atom stereocenters. The molecule has 0 aromatic heterocycles. The fourth-order valence-corrected chi connectivity index (χ4v) is 1.36. The third kappa shape index (κ3) is 14.1. The van der Waals surface area contributed by atoms with Gasteiger partial charge in [0.15, 0.2) is 0 Å². The molecule has 4 heteroatoms. The highest BCUT2D eigenvalue weighted by Crippen LogP contribution is 2.30. The molecular formula is C15H36N2O2. The zero-order valence-corrected chi connectivity index (χ0v) is 14.5. The van der Waals surface area contributed by atoms with Crippen molar-refractivity contribution >= 4 is 0 Å². The van der Waals surface area contributed by atoms with E-state index in [9.17, 15) is 0 Å². The molecule has 0 spiro atoms. The molecule has 0 saturated carbocycles. The van der Waals surface area contributed by atoms with Crippen LogP contribution in [0, 0.1) is 5.41 Å². The van der Waals surface area contributed by atoms with Crippen LogP contribution in [0.25, 0.3) is 0 Å². The number of hydrogen-bond acceptors (Lipinski definition) is 4. The molecule has 0 amide bonds. The number of hydrogen-bond donors (Lipinski definition) is 0. The number of ether oxygens (including phenoxy) is 2.